The average Bonchev–Trinajstić information content (AvgIpc) is 2.78. The molecule has 2 aromatic heterocycles. The topological polar surface area (TPSA) is 48.7 Å². The van der Waals surface area contributed by atoms with Crippen molar-refractivity contribution in [2.24, 2.45) is 0 Å². The van der Waals surface area contributed by atoms with Gasteiger partial charge in [-0.05, 0) is 43.6 Å². The molecule has 2 aromatic rings. The van der Waals surface area contributed by atoms with Crippen LogP contribution >= 0.6 is 15.9 Å². The number of rotatable bonds is 1. The van der Waals surface area contributed by atoms with Gasteiger partial charge in [-0.2, -0.15) is 0 Å². The number of imidazole rings is 1. The molecule has 3 heterocycles. The van der Waals surface area contributed by atoms with Gasteiger partial charge in [0.25, 0.3) is 0 Å². The Balaban J connectivity index is 2.07. The van der Waals surface area contributed by atoms with E-state index in [1.165, 1.54) is 0 Å². The lowest BCUT2D eigenvalue weighted by molar-refractivity contribution is 0.00578. The predicted octanol–water partition coefficient (Wildman–Crippen LogP) is 1.79. The zero-order valence-electron chi connectivity index (χ0n) is 11.3. The molecule has 0 unspecified atom stereocenters. The lowest BCUT2D eigenvalue weighted by atomic mass is 9.84. The highest BCUT2D eigenvalue weighted by Crippen LogP contribution is 2.36. The molecule has 1 aliphatic rings. The highest BCUT2D eigenvalue weighted by Gasteiger charge is 2.53. The van der Waals surface area contributed by atoms with Crippen LogP contribution in [-0.4, -0.2) is 32.7 Å². The van der Waals surface area contributed by atoms with Crippen molar-refractivity contribution in [1.82, 2.24) is 14.4 Å². The molecule has 0 amide bonds. The van der Waals surface area contributed by atoms with Gasteiger partial charge in [0.2, 0.25) is 0 Å². The number of halogens is 1. The van der Waals surface area contributed by atoms with Crippen LogP contribution in [0.25, 0.3) is 5.65 Å². The maximum atomic E-state index is 6.01. The Hall–Kier alpha value is -0.915. The Morgan fingerprint density at radius 1 is 1.16 bits per heavy atom. The minimum absolute atomic E-state index is 0.379. The summed E-state index contributed by atoms with van der Waals surface area (Å²) >= 11 is 3.45. The van der Waals surface area contributed by atoms with E-state index in [0.29, 0.717) is 5.59 Å². The summed E-state index contributed by atoms with van der Waals surface area (Å²) in [4.78, 5) is 8.73. The van der Waals surface area contributed by atoms with Crippen molar-refractivity contribution >= 4 is 34.3 Å². The maximum Gasteiger partial charge on any atom is 0.518 e. The largest absolute Gasteiger partial charge is 0.518 e. The van der Waals surface area contributed by atoms with E-state index in [2.05, 4.69) is 25.9 Å². The number of aromatic nitrogens is 3. The minimum Gasteiger partial charge on any atom is -0.398 e. The fourth-order valence-electron chi connectivity index (χ4n) is 2.03. The van der Waals surface area contributed by atoms with Gasteiger partial charge in [0.05, 0.1) is 17.4 Å². The van der Waals surface area contributed by atoms with Crippen LogP contribution in [0.1, 0.15) is 27.7 Å². The lowest BCUT2D eigenvalue weighted by Crippen LogP contribution is -2.41. The Kier molecular flexibility index (Phi) is 2.78. The number of nitrogens with zero attached hydrogens (tertiary/aromatic N) is 3. The van der Waals surface area contributed by atoms with Crippen molar-refractivity contribution in [2.75, 3.05) is 0 Å². The lowest BCUT2D eigenvalue weighted by Gasteiger charge is -2.32. The van der Waals surface area contributed by atoms with Gasteiger partial charge in [0.15, 0.2) is 5.65 Å². The van der Waals surface area contributed by atoms with Crippen molar-refractivity contribution in [3.63, 3.8) is 0 Å². The van der Waals surface area contributed by atoms with Crippen LogP contribution in [0.5, 0.6) is 0 Å². The molecule has 0 radical (unpaired) electrons. The van der Waals surface area contributed by atoms with Crippen molar-refractivity contribution in [2.45, 2.75) is 38.9 Å². The first-order chi connectivity index (χ1) is 8.82. The SMILES string of the molecule is CC1(C)OB(c2nccn3c(Br)cnc23)OC1(C)C. The predicted molar refractivity (Wildman–Crippen MR) is 76.4 cm³/mol. The Morgan fingerprint density at radius 3 is 2.42 bits per heavy atom. The normalized spacial score (nSPS) is 21.2. The fraction of sp³-hybridized carbons (Fsp3) is 0.500. The standard InChI is InChI=1S/C12H15BBrN3O2/c1-11(2)12(3,4)19-13(18-11)9-10-16-7-8(14)17(10)6-5-15-9/h5-7H,1-4H3. The molecule has 100 valence electrons. The van der Waals surface area contributed by atoms with Crippen molar-refractivity contribution in [3.8, 4) is 0 Å². The molecule has 0 aromatic carbocycles. The zero-order chi connectivity index (χ0) is 13.8. The van der Waals surface area contributed by atoms with E-state index in [9.17, 15) is 0 Å². The molecule has 1 saturated heterocycles. The van der Waals surface area contributed by atoms with Gasteiger partial charge in [0.1, 0.15) is 10.2 Å². The molecule has 19 heavy (non-hydrogen) atoms. The second-order valence-electron chi connectivity index (χ2n) is 5.68. The van der Waals surface area contributed by atoms with Crippen molar-refractivity contribution < 1.29 is 9.31 Å². The van der Waals surface area contributed by atoms with Crippen LogP contribution in [0.3, 0.4) is 0 Å². The Morgan fingerprint density at radius 2 is 1.79 bits per heavy atom. The van der Waals surface area contributed by atoms with Gasteiger partial charge in [-0.1, -0.05) is 0 Å². The molecule has 0 bridgehead atoms. The molecular weight excluding hydrogens is 309 g/mol. The highest BCUT2D eigenvalue weighted by molar-refractivity contribution is 9.10. The second-order valence-corrected chi connectivity index (χ2v) is 6.49. The number of hydrogen-bond acceptors (Lipinski definition) is 4. The monoisotopic (exact) mass is 323 g/mol. The molecule has 0 saturated carbocycles. The highest BCUT2D eigenvalue weighted by atomic mass is 79.9. The zero-order valence-corrected chi connectivity index (χ0v) is 12.9. The summed E-state index contributed by atoms with van der Waals surface area (Å²) < 4.78 is 14.8. The second kappa shape index (κ2) is 4.04. The first-order valence-electron chi connectivity index (χ1n) is 6.15. The summed E-state index contributed by atoms with van der Waals surface area (Å²) in [5.41, 5.74) is 0.686. The third-order valence-corrected chi connectivity index (χ3v) is 4.47. The van der Waals surface area contributed by atoms with Crippen LogP contribution in [0, 0.1) is 0 Å². The molecule has 5 nitrogen and oxygen atoms in total. The third-order valence-electron chi connectivity index (χ3n) is 3.89. The van der Waals surface area contributed by atoms with E-state index in [1.54, 1.807) is 12.4 Å². The van der Waals surface area contributed by atoms with E-state index in [4.69, 9.17) is 9.31 Å². The van der Waals surface area contributed by atoms with Gasteiger partial charge in [-0.15, -0.1) is 0 Å². The van der Waals surface area contributed by atoms with Crippen LogP contribution in [-0.2, 0) is 9.31 Å². The molecule has 3 rings (SSSR count). The summed E-state index contributed by atoms with van der Waals surface area (Å²) in [6, 6.07) is 0. The summed E-state index contributed by atoms with van der Waals surface area (Å²) in [5, 5.41) is 0. The molecule has 0 spiro atoms. The van der Waals surface area contributed by atoms with E-state index in [1.807, 2.05) is 38.3 Å². The Labute approximate surface area is 120 Å². The molecule has 0 atom stereocenters. The molecule has 7 heteroatoms. The van der Waals surface area contributed by atoms with E-state index in [0.717, 1.165) is 10.3 Å². The average molecular weight is 324 g/mol. The summed E-state index contributed by atoms with van der Waals surface area (Å²) in [6.45, 7) is 8.09. The Bertz CT molecular complexity index is 625. The summed E-state index contributed by atoms with van der Waals surface area (Å²) in [5.74, 6) is 0. The minimum atomic E-state index is -0.497. The molecular formula is C12H15BBrN3O2. The van der Waals surface area contributed by atoms with E-state index in [-0.39, 0.29) is 11.2 Å². The summed E-state index contributed by atoms with van der Waals surface area (Å²) in [6.07, 6.45) is 5.31. The van der Waals surface area contributed by atoms with Crippen molar-refractivity contribution in [3.05, 3.63) is 23.2 Å². The third kappa shape index (κ3) is 1.91. The van der Waals surface area contributed by atoms with Gasteiger partial charge < -0.3 is 9.31 Å². The van der Waals surface area contributed by atoms with Gasteiger partial charge in [-0.25, -0.2) is 4.98 Å². The van der Waals surface area contributed by atoms with Crippen LogP contribution < -0.4 is 5.59 Å². The van der Waals surface area contributed by atoms with E-state index >= 15 is 0 Å². The smallest absolute Gasteiger partial charge is 0.398 e. The molecule has 1 aliphatic heterocycles. The molecule has 0 N–H and O–H groups in total. The molecule has 0 aliphatic carbocycles. The summed E-state index contributed by atoms with van der Waals surface area (Å²) in [7, 11) is -0.497. The van der Waals surface area contributed by atoms with E-state index < -0.39 is 7.12 Å². The van der Waals surface area contributed by atoms with Gasteiger partial charge >= 0.3 is 7.12 Å². The maximum absolute atomic E-state index is 6.01. The quantitative estimate of drug-likeness (QED) is 0.751. The number of fused-ring (bicyclic) bond motifs is 1. The van der Waals surface area contributed by atoms with Crippen LogP contribution in [0.2, 0.25) is 0 Å². The number of hydrogen-bond donors (Lipinski definition) is 0. The van der Waals surface area contributed by atoms with Crippen LogP contribution in [0.15, 0.2) is 23.2 Å². The first-order valence-corrected chi connectivity index (χ1v) is 6.94. The fourth-order valence-corrected chi connectivity index (χ4v) is 2.42. The van der Waals surface area contributed by atoms with Gasteiger partial charge in [0, 0.05) is 12.4 Å². The van der Waals surface area contributed by atoms with Gasteiger partial charge in [-0.3, -0.25) is 9.38 Å². The first kappa shape index (κ1) is 13.1. The van der Waals surface area contributed by atoms with Crippen molar-refractivity contribution in [1.29, 1.82) is 0 Å². The van der Waals surface area contributed by atoms with Crippen LogP contribution in [0.4, 0.5) is 0 Å². The molecule has 1 fully saturated rings.